The Balaban J connectivity index is 1.44. The molecule has 4 aromatic rings. The summed E-state index contributed by atoms with van der Waals surface area (Å²) in [6.45, 7) is 1.81. The largest absolute Gasteiger partial charge is 0.573 e. The lowest BCUT2D eigenvalue weighted by atomic mass is 10.1. The van der Waals surface area contributed by atoms with Crippen molar-refractivity contribution in [3.63, 3.8) is 0 Å². The fourth-order valence-corrected chi connectivity index (χ4v) is 3.01. The van der Waals surface area contributed by atoms with Gasteiger partial charge in [0.15, 0.2) is 0 Å². The number of alkyl halides is 3. The number of oxazole rings is 1. The van der Waals surface area contributed by atoms with Crippen molar-refractivity contribution in [1.82, 2.24) is 4.98 Å². The molecule has 0 N–H and O–H groups in total. The van der Waals surface area contributed by atoms with Gasteiger partial charge in [0.1, 0.15) is 23.0 Å². The number of benzene rings is 3. The molecule has 0 fully saturated rings. The molecule has 0 saturated heterocycles. The van der Waals surface area contributed by atoms with Crippen LogP contribution >= 0.6 is 0 Å². The van der Waals surface area contributed by atoms with Crippen molar-refractivity contribution in [3.05, 3.63) is 95.9 Å². The third-order valence-corrected chi connectivity index (χ3v) is 4.50. The van der Waals surface area contributed by atoms with E-state index in [-0.39, 0.29) is 5.75 Å². The molecule has 0 bridgehead atoms. The third kappa shape index (κ3) is 5.45. The van der Waals surface area contributed by atoms with E-state index >= 15 is 0 Å². The first-order chi connectivity index (χ1) is 14.9. The molecule has 0 radical (unpaired) electrons. The second-order valence-corrected chi connectivity index (χ2v) is 6.83. The number of hydrogen-bond acceptors (Lipinski definition) is 4. The van der Waals surface area contributed by atoms with Crippen molar-refractivity contribution in [3.8, 4) is 28.7 Å². The maximum atomic E-state index is 12.3. The first-order valence-corrected chi connectivity index (χ1v) is 9.50. The fourth-order valence-electron chi connectivity index (χ4n) is 3.01. The quantitative estimate of drug-likeness (QED) is 0.336. The molecule has 0 amide bonds. The highest BCUT2D eigenvalue weighted by Crippen LogP contribution is 2.28. The predicted octanol–water partition coefficient (Wildman–Crippen LogP) is 6.93. The Morgan fingerprint density at radius 3 is 2.06 bits per heavy atom. The van der Waals surface area contributed by atoms with Crippen LogP contribution in [0.1, 0.15) is 17.0 Å². The van der Waals surface area contributed by atoms with Crippen molar-refractivity contribution in [1.29, 1.82) is 0 Å². The van der Waals surface area contributed by atoms with Gasteiger partial charge in [-0.2, -0.15) is 0 Å². The molecule has 31 heavy (non-hydrogen) atoms. The minimum atomic E-state index is -4.73. The van der Waals surface area contributed by atoms with Crippen LogP contribution in [0.2, 0.25) is 0 Å². The number of hydrogen-bond donors (Lipinski definition) is 0. The lowest BCUT2D eigenvalue weighted by molar-refractivity contribution is -0.274. The lowest BCUT2D eigenvalue weighted by Gasteiger charge is -2.08. The van der Waals surface area contributed by atoms with Crippen molar-refractivity contribution >= 4 is 0 Å². The minimum Gasteiger partial charge on any atom is -0.457 e. The summed E-state index contributed by atoms with van der Waals surface area (Å²) >= 11 is 0. The van der Waals surface area contributed by atoms with Gasteiger partial charge in [-0.15, -0.1) is 13.2 Å². The number of rotatable bonds is 6. The van der Waals surface area contributed by atoms with Crippen LogP contribution < -0.4 is 9.47 Å². The second kappa shape index (κ2) is 8.55. The van der Waals surface area contributed by atoms with Gasteiger partial charge in [0.25, 0.3) is 0 Å². The van der Waals surface area contributed by atoms with E-state index in [0.717, 1.165) is 22.8 Å². The highest BCUT2D eigenvalue weighted by molar-refractivity contribution is 5.55. The summed E-state index contributed by atoms with van der Waals surface area (Å²) in [6.07, 6.45) is -4.17. The Morgan fingerprint density at radius 2 is 1.42 bits per heavy atom. The number of aryl methyl sites for hydroxylation is 1. The van der Waals surface area contributed by atoms with E-state index in [4.69, 9.17) is 9.15 Å². The number of nitrogens with zero attached hydrogens (tertiary/aromatic N) is 1. The molecule has 4 rings (SSSR count). The lowest BCUT2D eigenvalue weighted by Crippen LogP contribution is -2.16. The molecular weight excluding hydrogens is 407 g/mol. The van der Waals surface area contributed by atoms with E-state index < -0.39 is 6.36 Å². The predicted molar refractivity (Wildman–Crippen MR) is 109 cm³/mol. The van der Waals surface area contributed by atoms with E-state index in [9.17, 15) is 13.2 Å². The molecule has 4 nitrogen and oxygen atoms in total. The molecule has 1 heterocycles. The molecule has 0 unspecified atom stereocenters. The minimum absolute atomic E-state index is 0.294. The van der Waals surface area contributed by atoms with Crippen LogP contribution in [0.4, 0.5) is 13.2 Å². The molecule has 0 aliphatic heterocycles. The topological polar surface area (TPSA) is 44.5 Å². The molecule has 0 atom stereocenters. The van der Waals surface area contributed by atoms with Crippen LogP contribution in [0.25, 0.3) is 11.5 Å². The molecule has 0 saturated carbocycles. The Hall–Kier alpha value is -3.74. The highest BCUT2D eigenvalue weighted by Gasteiger charge is 2.31. The van der Waals surface area contributed by atoms with Crippen LogP contribution in [0.3, 0.4) is 0 Å². The number of ether oxygens (including phenoxy) is 2. The molecule has 0 aliphatic rings. The fraction of sp³-hybridized carbons (Fsp3) is 0.125. The summed E-state index contributed by atoms with van der Waals surface area (Å²) in [5.74, 6) is 2.19. The summed E-state index contributed by atoms with van der Waals surface area (Å²) in [6, 6.07) is 22.6. The van der Waals surface area contributed by atoms with E-state index in [1.807, 2.05) is 54.6 Å². The normalized spacial score (nSPS) is 11.4. The summed E-state index contributed by atoms with van der Waals surface area (Å²) in [7, 11) is 0. The maximum absolute atomic E-state index is 12.3. The molecule has 0 spiro atoms. The molecule has 7 heteroatoms. The van der Waals surface area contributed by atoms with Gasteiger partial charge >= 0.3 is 6.36 Å². The molecule has 0 aliphatic carbocycles. The summed E-state index contributed by atoms with van der Waals surface area (Å²) in [4.78, 5) is 4.51. The monoisotopic (exact) mass is 425 g/mol. The van der Waals surface area contributed by atoms with Gasteiger partial charge in [0.2, 0.25) is 5.89 Å². The van der Waals surface area contributed by atoms with Gasteiger partial charge in [-0.25, -0.2) is 4.98 Å². The van der Waals surface area contributed by atoms with Crippen LogP contribution in [0.5, 0.6) is 17.2 Å². The SMILES string of the molecule is Cc1oc(-c2ccc(OC(F)(F)F)cc2)nc1Cc1ccc(Oc2ccccc2)cc1. The second-order valence-electron chi connectivity index (χ2n) is 6.83. The average Bonchev–Trinajstić information content (AvgIpc) is 3.10. The van der Waals surface area contributed by atoms with Gasteiger partial charge in [-0.05, 0) is 61.0 Å². The Morgan fingerprint density at radius 1 is 0.806 bits per heavy atom. The molecule has 158 valence electrons. The van der Waals surface area contributed by atoms with Gasteiger partial charge < -0.3 is 13.9 Å². The van der Waals surface area contributed by atoms with Crippen LogP contribution in [-0.2, 0) is 6.42 Å². The zero-order valence-electron chi connectivity index (χ0n) is 16.5. The van der Waals surface area contributed by atoms with Crippen LogP contribution in [-0.4, -0.2) is 11.3 Å². The molecular formula is C24H18F3NO3. The Bertz CT molecular complexity index is 1140. The third-order valence-electron chi connectivity index (χ3n) is 4.50. The summed E-state index contributed by atoms with van der Waals surface area (Å²) < 4.78 is 52.3. The standard InChI is InChI=1S/C24H18F3NO3/c1-16-22(15-17-7-11-20(12-8-17)30-19-5-3-2-4-6-19)28-23(29-16)18-9-13-21(14-10-18)31-24(25,26)27/h2-14H,15H2,1H3. The zero-order valence-corrected chi connectivity index (χ0v) is 16.5. The van der Waals surface area contributed by atoms with Crippen LogP contribution in [0.15, 0.2) is 83.3 Å². The van der Waals surface area contributed by atoms with Gasteiger partial charge in [-0.3, -0.25) is 0 Å². The van der Waals surface area contributed by atoms with Gasteiger partial charge in [0.05, 0.1) is 5.69 Å². The maximum Gasteiger partial charge on any atom is 0.573 e. The van der Waals surface area contributed by atoms with E-state index in [0.29, 0.717) is 23.6 Å². The molecule has 1 aromatic heterocycles. The summed E-state index contributed by atoms with van der Waals surface area (Å²) in [5, 5.41) is 0. The van der Waals surface area contributed by atoms with Crippen molar-refractivity contribution in [2.24, 2.45) is 0 Å². The smallest absolute Gasteiger partial charge is 0.457 e. The van der Waals surface area contributed by atoms with E-state index in [2.05, 4.69) is 9.72 Å². The van der Waals surface area contributed by atoms with Gasteiger partial charge in [-0.1, -0.05) is 30.3 Å². The average molecular weight is 425 g/mol. The van der Waals surface area contributed by atoms with Crippen LogP contribution in [0, 0.1) is 6.92 Å². The molecule has 3 aromatic carbocycles. The zero-order chi connectivity index (χ0) is 21.8. The van der Waals surface area contributed by atoms with E-state index in [1.54, 1.807) is 6.92 Å². The van der Waals surface area contributed by atoms with Crippen molar-refractivity contribution < 1.29 is 27.1 Å². The number of aromatic nitrogens is 1. The first-order valence-electron chi connectivity index (χ1n) is 9.50. The Labute approximate surface area is 176 Å². The highest BCUT2D eigenvalue weighted by atomic mass is 19.4. The first kappa shape index (κ1) is 20.5. The van der Waals surface area contributed by atoms with Crippen molar-refractivity contribution in [2.75, 3.05) is 0 Å². The van der Waals surface area contributed by atoms with Gasteiger partial charge in [0, 0.05) is 12.0 Å². The van der Waals surface area contributed by atoms with Crippen molar-refractivity contribution in [2.45, 2.75) is 19.7 Å². The number of para-hydroxylation sites is 1. The number of halogens is 3. The Kier molecular flexibility index (Phi) is 5.66. The van der Waals surface area contributed by atoms with E-state index in [1.165, 1.54) is 24.3 Å². The summed E-state index contributed by atoms with van der Waals surface area (Å²) in [5.41, 5.74) is 2.34.